The molecule has 3 heterocycles. The minimum Gasteiger partial charge on any atom is -0.439 e. The number of anilines is 1. The van der Waals surface area contributed by atoms with Gasteiger partial charge in [-0.2, -0.15) is 0 Å². The number of halogens is 1. The highest BCUT2D eigenvalue weighted by atomic mass is 32.1. The van der Waals surface area contributed by atoms with E-state index in [4.69, 9.17) is 4.74 Å². The van der Waals surface area contributed by atoms with Crippen molar-refractivity contribution in [2.75, 3.05) is 18.4 Å². The van der Waals surface area contributed by atoms with Crippen molar-refractivity contribution >= 4 is 22.4 Å². The number of nitrogens with zero attached hydrogens (tertiary/aromatic N) is 3. The number of guanidine groups is 1. The smallest absolute Gasteiger partial charge is 0.228 e. The van der Waals surface area contributed by atoms with Crippen molar-refractivity contribution in [3.8, 4) is 17.1 Å². The molecule has 28 heavy (non-hydrogen) atoms. The normalized spacial score (nSPS) is 14.0. The zero-order valence-corrected chi connectivity index (χ0v) is 17.4. The fourth-order valence-corrected chi connectivity index (χ4v) is 3.04. The molecule has 0 fully saturated rings. The number of aliphatic imine (C=N–C) groups is 1. The Morgan fingerprint density at radius 3 is 2.86 bits per heavy atom. The van der Waals surface area contributed by atoms with Gasteiger partial charge >= 0.3 is 0 Å². The lowest BCUT2D eigenvalue weighted by atomic mass is 10.2. The van der Waals surface area contributed by atoms with Crippen molar-refractivity contribution in [1.29, 1.82) is 0 Å². The molecule has 0 amide bonds. The van der Waals surface area contributed by atoms with Gasteiger partial charge in [0.1, 0.15) is 11.6 Å². The first kappa shape index (κ1) is 21.6. The summed E-state index contributed by atoms with van der Waals surface area (Å²) < 4.78 is 19.6. The van der Waals surface area contributed by atoms with Crippen LogP contribution in [-0.4, -0.2) is 29.0 Å². The summed E-state index contributed by atoms with van der Waals surface area (Å²) in [4.78, 5) is 13.0. The number of ether oxygens (including phenoxy) is 1. The van der Waals surface area contributed by atoms with E-state index in [0.29, 0.717) is 34.0 Å². The predicted molar refractivity (Wildman–Crippen MR) is 114 cm³/mol. The van der Waals surface area contributed by atoms with Gasteiger partial charge in [-0.3, -0.25) is 4.99 Å². The van der Waals surface area contributed by atoms with Gasteiger partial charge in [-0.05, 0) is 38.5 Å². The molecule has 1 aliphatic heterocycles. The molecule has 0 aliphatic carbocycles. The number of aromatic nitrogens is 2. The number of pyridine rings is 1. The molecule has 0 aromatic carbocycles. The number of allylic oxidation sites excluding steroid dienone is 3. The number of rotatable bonds is 5. The zero-order chi connectivity index (χ0) is 20.4. The van der Waals surface area contributed by atoms with Crippen LogP contribution in [0, 0.1) is 5.82 Å². The van der Waals surface area contributed by atoms with Gasteiger partial charge in [0.2, 0.25) is 5.88 Å². The third kappa shape index (κ3) is 5.88. The quantitative estimate of drug-likeness (QED) is 0.544. The summed E-state index contributed by atoms with van der Waals surface area (Å²) in [6.45, 7) is 9.43. The van der Waals surface area contributed by atoms with Crippen molar-refractivity contribution in [2.24, 2.45) is 4.99 Å². The van der Waals surface area contributed by atoms with Crippen LogP contribution in [0.15, 0.2) is 46.6 Å². The molecule has 1 aliphatic rings. The van der Waals surface area contributed by atoms with Gasteiger partial charge in [-0.25, -0.2) is 14.4 Å². The molecule has 2 N–H and O–H groups in total. The van der Waals surface area contributed by atoms with Gasteiger partial charge in [0.15, 0.2) is 11.1 Å². The van der Waals surface area contributed by atoms with Crippen LogP contribution in [0.2, 0.25) is 0 Å². The maximum atomic E-state index is 13.8. The third-order valence-electron chi connectivity index (χ3n) is 3.55. The second kappa shape index (κ2) is 11.2. The highest BCUT2D eigenvalue weighted by Crippen LogP contribution is 2.32. The average molecular weight is 404 g/mol. The Morgan fingerprint density at radius 1 is 1.36 bits per heavy atom. The molecule has 0 atom stereocenters. The van der Waals surface area contributed by atoms with Gasteiger partial charge < -0.3 is 15.4 Å². The first-order chi connectivity index (χ1) is 13.7. The maximum Gasteiger partial charge on any atom is 0.228 e. The summed E-state index contributed by atoms with van der Waals surface area (Å²) in [6.07, 6.45) is 7.64. The fraction of sp³-hybridized carbons (Fsp3) is 0.350. The molecular formula is C20H26FN5OS. The van der Waals surface area contributed by atoms with Crippen LogP contribution in [0.3, 0.4) is 0 Å². The first-order valence-corrected chi connectivity index (χ1v) is 10.2. The summed E-state index contributed by atoms with van der Waals surface area (Å²) in [5, 5.41) is 8.83. The molecule has 3 rings (SSSR count). The maximum absolute atomic E-state index is 13.8. The molecule has 0 bridgehead atoms. The van der Waals surface area contributed by atoms with Gasteiger partial charge in [-0.15, -0.1) is 11.3 Å². The minimum atomic E-state index is -0.443. The van der Waals surface area contributed by atoms with Crippen LogP contribution >= 0.6 is 11.3 Å². The molecule has 150 valence electrons. The zero-order valence-electron chi connectivity index (χ0n) is 16.6. The number of hydrogen-bond acceptors (Lipinski definition) is 7. The van der Waals surface area contributed by atoms with Crippen molar-refractivity contribution < 1.29 is 9.13 Å². The average Bonchev–Trinajstić information content (AvgIpc) is 3.19. The van der Waals surface area contributed by atoms with Crippen LogP contribution < -0.4 is 15.4 Å². The summed E-state index contributed by atoms with van der Waals surface area (Å²) >= 11 is 1.41. The van der Waals surface area contributed by atoms with Crippen LogP contribution in [0.4, 0.5) is 9.52 Å². The largest absolute Gasteiger partial charge is 0.439 e. The molecule has 6 nitrogen and oxygen atoms in total. The summed E-state index contributed by atoms with van der Waals surface area (Å²) in [5.74, 6) is 1.20. The lowest BCUT2D eigenvalue weighted by Gasteiger charge is -2.14. The number of hydrogen-bond donors (Lipinski definition) is 2. The third-order valence-corrected chi connectivity index (χ3v) is 4.31. The molecule has 0 spiro atoms. The Kier molecular flexibility index (Phi) is 8.61. The van der Waals surface area contributed by atoms with E-state index in [2.05, 4.69) is 25.6 Å². The SMILES string of the molecule is C/C=C\C(=C/C)Oc1ncc(F)cc1-c1csc(NC2=NCCCN2)n1.CC. The van der Waals surface area contributed by atoms with E-state index in [9.17, 15) is 4.39 Å². The van der Waals surface area contributed by atoms with Crippen LogP contribution in [0.25, 0.3) is 11.3 Å². The molecule has 8 heteroatoms. The Hall–Kier alpha value is -2.74. The topological polar surface area (TPSA) is 71.4 Å². The molecule has 0 radical (unpaired) electrons. The highest BCUT2D eigenvalue weighted by molar-refractivity contribution is 7.14. The second-order valence-electron chi connectivity index (χ2n) is 5.47. The second-order valence-corrected chi connectivity index (χ2v) is 6.33. The predicted octanol–water partition coefficient (Wildman–Crippen LogP) is 4.99. The molecule has 2 aromatic rings. The minimum absolute atomic E-state index is 0.308. The van der Waals surface area contributed by atoms with E-state index in [1.807, 2.05) is 51.3 Å². The summed E-state index contributed by atoms with van der Waals surface area (Å²) in [5.41, 5.74) is 1.09. The Labute approximate surface area is 169 Å². The van der Waals surface area contributed by atoms with E-state index < -0.39 is 5.82 Å². The van der Waals surface area contributed by atoms with E-state index in [-0.39, 0.29) is 0 Å². The van der Waals surface area contributed by atoms with Crippen LogP contribution in [-0.2, 0) is 0 Å². The lowest BCUT2D eigenvalue weighted by molar-refractivity contribution is 0.425. The number of thiazole rings is 1. The fourth-order valence-electron chi connectivity index (χ4n) is 2.33. The van der Waals surface area contributed by atoms with Crippen molar-refractivity contribution in [2.45, 2.75) is 34.1 Å². The standard InChI is InChI=1S/C18H20FN5OS.C2H6/c1-3-6-13(4-2)25-16-14(9-12(19)10-22-16)15-11-26-18(23-15)24-17-20-7-5-8-21-17;1-2/h3-4,6,9-11H,5,7-8H2,1-2H3,(H2,20,21,23,24);1-2H3/b6-3-,13-4+;. The molecular weight excluding hydrogens is 377 g/mol. The van der Waals surface area contributed by atoms with E-state index >= 15 is 0 Å². The molecule has 0 saturated carbocycles. The monoisotopic (exact) mass is 403 g/mol. The van der Waals surface area contributed by atoms with Crippen molar-refractivity contribution in [1.82, 2.24) is 15.3 Å². The van der Waals surface area contributed by atoms with E-state index in [1.54, 1.807) is 0 Å². The summed E-state index contributed by atoms with van der Waals surface area (Å²) in [7, 11) is 0. The van der Waals surface area contributed by atoms with Crippen LogP contribution in [0.5, 0.6) is 5.88 Å². The van der Waals surface area contributed by atoms with Crippen molar-refractivity contribution in [3.05, 3.63) is 47.4 Å². The molecule has 2 aromatic heterocycles. The Morgan fingerprint density at radius 2 is 2.18 bits per heavy atom. The molecule has 0 saturated heterocycles. The lowest BCUT2D eigenvalue weighted by Crippen LogP contribution is -2.35. The van der Waals surface area contributed by atoms with Gasteiger partial charge in [0.25, 0.3) is 0 Å². The van der Waals surface area contributed by atoms with Crippen molar-refractivity contribution in [3.63, 3.8) is 0 Å². The Bertz CT molecular complexity index is 860. The van der Waals surface area contributed by atoms with E-state index in [1.165, 1.54) is 17.4 Å². The highest BCUT2D eigenvalue weighted by Gasteiger charge is 2.15. The van der Waals surface area contributed by atoms with Gasteiger partial charge in [0.05, 0.1) is 17.5 Å². The van der Waals surface area contributed by atoms with Gasteiger partial charge in [0, 0.05) is 18.5 Å². The first-order valence-electron chi connectivity index (χ1n) is 9.33. The summed E-state index contributed by atoms with van der Waals surface area (Å²) in [6, 6.07) is 1.38. The van der Waals surface area contributed by atoms with E-state index in [0.717, 1.165) is 25.7 Å². The van der Waals surface area contributed by atoms with Gasteiger partial charge in [-0.1, -0.05) is 19.9 Å². The Balaban J connectivity index is 0.00000136. The number of nitrogens with one attached hydrogen (secondary N) is 2. The van der Waals surface area contributed by atoms with Crippen LogP contribution in [0.1, 0.15) is 34.1 Å². The molecule has 0 unspecified atom stereocenters.